The lowest BCUT2D eigenvalue weighted by atomic mass is 9.56. The Labute approximate surface area is 323 Å². The number of likely N-dealkylation sites (tertiary alicyclic amines) is 1. The van der Waals surface area contributed by atoms with Gasteiger partial charge in [-0.05, 0) is 71.5 Å². The average Bonchev–Trinajstić information content (AvgIpc) is 3.51. The van der Waals surface area contributed by atoms with Crippen LogP contribution in [0.3, 0.4) is 0 Å². The fraction of sp³-hybridized carbons (Fsp3) is 0.268. The number of alkyl halides is 3. The van der Waals surface area contributed by atoms with Gasteiger partial charge in [-0.25, -0.2) is 0 Å². The lowest BCUT2D eigenvalue weighted by Gasteiger charge is -2.51. The fourth-order valence-electron chi connectivity index (χ4n) is 8.80. The van der Waals surface area contributed by atoms with Crippen LogP contribution in [0.15, 0.2) is 90.5 Å². The zero-order valence-corrected chi connectivity index (χ0v) is 31.7. The summed E-state index contributed by atoms with van der Waals surface area (Å²) in [4.78, 5) is 55.1. The number of amides is 4. The molecule has 4 aromatic rings. The van der Waals surface area contributed by atoms with Crippen LogP contribution in [0.25, 0.3) is 22.9 Å². The molecule has 0 unspecified atom stereocenters. The van der Waals surface area contributed by atoms with E-state index in [4.69, 9.17) is 32.7 Å². The van der Waals surface area contributed by atoms with E-state index in [1.54, 1.807) is 32.4 Å². The number of nitrogens with zero attached hydrogens (tertiary/aromatic N) is 2. The van der Waals surface area contributed by atoms with Crippen LogP contribution in [0.5, 0.6) is 17.2 Å². The summed E-state index contributed by atoms with van der Waals surface area (Å²) >= 11 is 18.1. The summed E-state index contributed by atoms with van der Waals surface area (Å²) in [5.41, 5.74) is 2.87. The van der Waals surface area contributed by atoms with Gasteiger partial charge < -0.3 is 14.6 Å². The minimum Gasteiger partial charge on any atom is -0.508 e. The number of hydrogen-bond donors (Lipinski definition) is 1. The van der Waals surface area contributed by atoms with E-state index < -0.39 is 51.1 Å². The number of methoxy groups -OCH3 is 2. The van der Waals surface area contributed by atoms with Crippen molar-refractivity contribution in [2.75, 3.05) is 24.6 Å². The standard InChI is InChI=1S/C41H33BrCl2N2O7/c1-52-26-14-18-32(53-2)24(19-26)10-7-22-8-12-25(13-9-22)46-36(48)29-16-15-28-30(33(29)37(46)49)20-40(43)38(50)45(21-42)39(51)41(40,44)35(28)34-27-6-4-3-5-23(27)11-17-31(34)47/h3-15,17-19,29-30,33,35,47H,16,20-21H2,1-2H3/t29-,30+,33-,35+,40+,41-/m0/s1. The maximum absolute atomic E-state index is 14.5. The number of carbonyl (C=O) groups excluding carboxylic acids is 4. The van der Waals surface area contributed by atoms with Crippen molar-refractivity contribution >= 4 is 91.4 Å². The molecule has 4 aliphatic rings. The third-order valence-corrected chi connectivity index (χ3v) is 13.2. The number of fused-ring (bicyclic) bond motifs is 5. The first-order chi connectivity index (χ1) is 25.5. The van der Waals surface area contributed by atoms with Gasteiger partial charge in [0.15, 0.2) is 9.75 Å². The lowest BCUT2D eigenvalue weighted by molar-refractivity contribution is -0.138. The van der Waals surface area contributed by atoms with E-state index in [0.29, 0.717) is 33.7 Å². The van der Waals surface area contributed by atoms with Crippen molar-refractivity contribution in [2.45, 2.75) is 28.5 Å². The number of benzene rings is 4. The topological polar surface area (TPSA) is 113 Å². The van der Waals surface area contributed by atoms with Crippen molar-refractivity contribution in [3.8, 4) is 17.2 Å². The summed E-state index contributed by atoms with van der Waals surface area (Å²) in [5.74, 6) is -4.32. The molecule has 4 aromatic carbocycles. The molecule has 1 N–H and O–H groups in total. The van der Waals surface area contributed by atoms with E-state index in [2.05, 4.69) is 15.9 Å². The van der Waals surface area contributed by atoms with E-state index in [-0.39, 0.29) is 30.0 Å². The molecule has 4 amide bonds. The largest absolute Gasteiger partial charge is 0.508 e. The van der Waals surface area contributed by atoms with E-state index in [9.17, 15) is 24.3 Å². The SMILES string of the molecule is COc1ccc(OC)c(C=Cc2ccc(N3C(=O)[C@H]4[C@H](CC=C5[C@H]4C[C@@]4(Cl)C(=O)N(CBr)C(=O)[C@@]4(Cl)[C@H]5c4c(O)ccc5ccccc45)C3=O)cc2)c1. The van der Waals surface area contributed by atoms with Gasteiger partial charge >= 0.3 is 0 Å². The molecule has 53 heavy (non-hydrogen) atoms. The second-order valence-electron chi connectivity index (χ2n) is 13.8. The molecule has 0 radical (unpaired) electrons. The predicted molar refractivity (Wildman–Crippen MR) is 206 cm³/mol. The lowest BCUT2D eigenvalue weighted by Crippen LogP contribution is -2.60. The first kappa shape index (κ1) is 35.4. The number of aromatic hydroxyl groups is 1. The van der Waals surface area contributed by atoms with Gasteiger partial charge in [0.1, 0.15) is 17.2 Å². The molecule has 3 fully saturated rings. The predicted octanol–water partition coefficient (Wildman–Crippen LogP) is 7.65. The molecule has 6 atom stereocenters. The molecule has 2 aliphatic heterocycles. The zero-order valence-electron chi connectivity index (χ0n) is 28.6. The summed E-state index contributed by atoms with van der Waals surface area (Å²) in [6.45, 7) is 0. The Kier molecular flexibility index (Phi) is 8.71. The number of phenolic OH excluding ortho intramolecular Hbond substituents is 1. The van der Waals surface area contributed by atoms with E-state index >= 15 is 0 Å². The van der Waals surface area contributed by atoms with Gasteiger partial charge in [0, 0.05) is 17.0 Å². The Balaban J connectivity index is 1.18. The smallest absolute Gasteiger partial charge is 0.254 e. The van der Waals surface area contributed by atoms with Crippen molar-refractivity contribution in [3.05, 3.63) is 107 Å². The summed E-state index contributed by atoms with van der Waals surface area (Å²) < 4.78 is 10.8. The Morgan fingerprint density at radius 1 is 0.887 bits per heavy atom. The molecule has 8 rings (SSSR count). The summed E-state index contributed by atoms with van der Waals surface area (Å²) in [7, 11) is 3.19. The molecule has 2 saturated heterocycles. The number of carbonyl (C=O) groups is 4. The molecular formula is C41H33BrCl2N2O7. The van der Waals surface area contributed by atoms with Gasteiger partial charge in [-0.1, -0.05) is 82.2 Å². The van der Waals surface area contributed by atoms with Crippen LogP contribution in [0.1, 0.15) is 35.4 Å². The Morgan fingerprint density at radius 3 is 2.36 bits per heavy atom. The average molecular weight is 817 g/mol. The second kappa shape index (κ2) is 13.0. The summed E-state index contributed by atoms with van der Waals surface area (Å²) in [6, 6.07) is 23.2. The van der Waals surface area contributed by atoms with Crippen molar-refractivity contribution in [2.24, 2.45) is 17.8 Å². The number of rotatable bonds is 7. The number of anilines is 1. The van der Waals surface area contributed by atoms with Crippen molar-refractivity contribution in [1.82, 2.24) is 4.90 Å². The first-order valence-electron chi connectivity index (χ1n) is 17.1. The van der Waals surface area contributed by atoms with Crippen molar-refractivity contribution < 1.29 is 33.8 Å². The molecule has 270 valence electrons. The van der Waals surface area contributed by atoms with Crippen molar-refractivity contribution in [3.63, 3.8) is 0 Å². The van der Waals surface area contributed by atoms with Gasteiger partial charge in [-0.2, -0.15) is 0 Å². The van der Waals surface area contributed by atoms with E-state index in [0.717, 1.165) is 21.4 Å². The van der Waals surface area contributed by atoms with Crippen LogP contribution in [-0.2, 0) is 19.2 Å². The minimum absolute atomic E-state index is 0.122. The summed E-state index contributed by atoms with van der Waals surface area (Å²) in [5, 5.41) is 12.9. The maximum atomic E-state index is 14.5. The minimum atomic E-state index is -2.03. The third kappa shape index (κ3) is 5.09. The van der Waals surface area contributed by atoms with Gasteiger partial charge in [0.25, 0.3) is 11.8 Å². The first-order valence-corrected chi connectivity index (χ1v) is 18.9. The number of imide groups is 2. The van der Waals surface area contributed by atoms with Crippen LogP contribution < -0.4 is 14.4 Å². The number of phenols is 1. The number of ether oxygens (including phenoxy) is 2. The van der Waals surface area contributed by atoms with Crippen LogP contribution in [-0.4, -0.2) is 63.1 Å². The normalized spacial score (nSPS) is 28.0. The van der Waals surface area contributed by atoms with Crippen LogP contribution in [0.4, 0.5) is 5.69 Å². The zero-order chi connectivity index (χ0) is 37.4. The number of allylic oxidation sites excluding steroid dienone is 2. The molecule has 12 heteroatoms. The molecule has 2 aliphatic carbocycles. The Bertz CT molecular complexity index is 2290. The molecule has 0 aromatic heterocycles. The van der Waals surface area contributed by atoms with Gasteiger partial charge in [0.05, 0.1) is 37.2 Å². The van der Waals surface area contributed by atoms with Crippen molar-refractivity contribution in [1.29, 1.82) is 0 Å². The van der Waals surface area contributed by atoms with Crippen LogP contribution in [0.2, 0.25) is 0 Å². The van der Waals surface area contributed by atoms with Gasteiger partial charge in [0.2, 0.25) is 11.8 Å². The number of halogens is 3. The van der Waals surface area contributed by atoms with Crippen LogP contribution >= 0.6 is 39.1 Å². The highest BCUT2D eigenvalue weighted by Crippen LogP contribution is 2.66. The monoisotopic (exact) mass is 814 g/mol. The highest BCUT2D eigenvalue weighted by molar-refractivity contribution is 9.09. The summed E-state index contributed by atoms with van der Waals surface area (Å²) in [6.07, 6.45) is 5.70. The Morgan fingerprint density at radius 2 is 1.64 bits per heavy atom. The second-order valence-corrected chi connectivity index (χ2v) is 15.5. The fourth-order valence-corrected chi connectivity index (χ4v) is 10.2. The molecule has 1 saturated carbocycles. The molecular weight excluding hydrogens is 783 g/mol. The highest BCUT2D eigenvalue weighted by atomic mass is 79.9. The third-order valence-electron chi connectivity index (χ3n) is 11.3. The van der Waals surface area contributed by atoms with E-state index in [1.807, 2.05) is 72.8 Å². The van der Waals surface area contributed by atoms with Gasteiger partial charge in [-0.15, -0.1) is 23.2 Å². The molecule has 0 spiro atoms. The molecule has 0 bridgehead atoms. The Hall–Kier alpha value is -4.64. The molecule has 9 nitrogen and oxygen atoms in total. The number of hydrogen-bond acceptors (Lipinski definition) is 7. The maximum Gasteiger partial charge on any atom is 0.254 e. The van der Waals surface area contributed by atoms with Gasteiger partial charge in [-0.3, -0.25) is 29.0 Å². The highest BCUT2D eigenvalue weighted by Gasteiger charge is 2.76. The van der Waals surface area contributed by atoms with Crippen LogP contribution in [0, 0.1) is 17.8 Å². The van der Waals surface area contributed by atoms with E-state index in [1.165, 1.54) is 11.0 Å². The quantitative estimate of drug-likeness (QED) is 0.0671. The molecule has 2 heterocycles.